The molecule has 0 fully saturated rings. The lowest BCUT2D eigenvalue weighted by Crippen LogP contribution is -2.39. The van der Waals surface area contributed by atoms with Gasteiger partial charge in [0.05, 0.1) is 0 Å². The number of halogens is 1. The number of nitrogens with one attached hydrogen (secondary N) is 1. The number of ether oxygens (including phenoxy) is 1. The van der Waals surface area contributed by atoms with Crippen LogP contribution in [0.25, 0.3) is 0 Å². The average molecular weight is 315 g/mol. The Morgan fingerprint density at radius 2 is 2.00 bits per heavy atom. The summed E-state index contributed by atoms with van der Waals surface area (Å²) in [5.74, 6) is 0.729. The fourth-order valence-electron chi connectivity index (χ4n) is 1.21. The summed E-state index contributed by atoms with van der Waals surface area (Å²) in [6.45, 7) is 3.30. The number of oxime groups is 1. The molecule has 0 unspecified atom stereocenters. The van der Waals surface area contributed by atoms with Crippen LogP contribution >= 0.6 is 15.9 Å². The molecule has 0 saturated heterocycles. The van der Waals surface area contributed by atoms with Gasteiger partial charge >= 0.3 is 0 Å². The summed E-state index contributed by atoms with van der Waals surface area (Å²) in [7, 11) is 1.41. The van der Waals surface area contributed by atoms with Crippen molar-refractivity contribution < 1.29 is 14.4 Å². The Kier molecular flexibility index (Phi) is 5.64. The third-order valence-electron chi connectivity index (χ3n) is 2.03. The number of carbonyl (C=O) groups is 1. The lowest BCUT2D eigenvalue weighted by molar-refractivity contribution is -0.125. The van der Waals surface area contributed by atoms with Crippen LogP contribution in [0.15, 0.2) is 33.9 Å². The summed E-state index contributed by atoms with van der Waals surface area (Å²) in [4.78, 5) is 16.3. The van der Waals surface area contributed by atoms with Gasteiger partial charge in [-0.05, 0) is 38.1 Å². The fourth-order valence-corrected chi connectivity index (χ4v) is 1.47. The number of rotatable bonds is 4. The molecule has 5 nitrogen and oxygen atoms in total. The molecule has 0 aromatic heterocycles. The Labute approximate surface area is 114 Å². The van der Waals surface area contributed by atoms with Crippen molar-refractivity contribution in [2.75, 3.05) is 7.11 Å². The second-order valence-corrected chi connectivity index (χ2v) is 4.48. The van der Waals surface area contributed by atoms with E-state index in [1.807, 2.05) is 12.1 Å². The molecule has 0 saturated carbocycles. The minimum absolute atomic E-state index is 0.281. The zero-order chi connectivity index (χ0) is 13.5. The van der Waals surface area contributed by atoms with Crippen LogP contribution in [0.1, 0.15) is 13.8 Å². The second kappa shape index (κ2) is 7.00. The lowest BCUT2D eigenvalue weighted by Gasteiger charge is -2.14. The molecule has 1 amide bonds. The van der Waals surface area contributed by atoms with Gasteiger partial charge in [-0.15, -0.1) is 0 Å². The van der Waals surface area contributed by atoms with Gasteiger partial charge < -0.3 is 14.9 Å². The molecule has 0 bridgehead atoms. The van der Waals surface area contributed by atoms with E-state index in [1.54, 1.807) is 26.0 Å². The first-order chi connectivity index (χ1) is 8.52. The Hall–Kier alpha value is -1.56. The molecule has 1 rings (SSSR count). The molecule has 0 aliphatic heterocycles. The third-order valence-corrected chi connectivity index (χ3v) is 2.56. The van der Waals surface area contributed by atoms with Crippen LogP contribution in [0, 0.1) is 0 Å². The van der Waals surface area contributed by atoms with Crippen molar-refractivity contribution in [2.24, 2.45) is 5.16 Å². The number of hydrogen-bond donors (Lipinski definition) is 1. The maximum Gasteiger partial charge on any atom is 0.266 e. The highest BCUT2D eigenvalue weighted by molar-refractivity contribution is 9.10. The van der Waals surface area contributed by atoms with Crippen LogP contribution in [0.2, 0.25) is 0 Å². The number of nitrogens with zero attached hydrogens (tertiary/aromatic N) is 1. The van der Waals surface area contributed by atoms with Gasteiger partial charge in [-0.25, -0.2) is 0 Å². The van der Waals surface area contributed by atoms with E-state index >= 15 is 0 Å². The first kappa shape index (κ1) is 14.5. The zero-order valence-electron chi connectivity index (χ0n) is 10.4. The van der Waals surface area contributed by atoms with Gasteiger partial charge in [-0.3, -0.25) is 4.79 Å². The van der Waals surface area contributed by atoms with Crippen molar-refractivity contribution >= 4 is 27.7 Å². The lowest BCUT2D eigenvalue weighted by atomic mass is 10.3. The van der Waals surface area contributed by atoms with Gasteiger partial charge in [0, 0.05) is 4.47 Å². The van der Waals surface area contributed by atoms with E-state index in [-0.39, 0.29) is 5.91 Å². The highest BCUT2D eigenvalue weighted by atomic mass is 79.9. The predicted octanol–water partition coefficient (Wildman–Crippen LogP) is 2.31. The molecule has 1 atom stereocenters. The maximum atomic E-state index is 11.7. The quantitative estimate of drug-likeness (QED) is 0.527. The number of amidine groups is 1. The number of hydrogen-bond acceptors (Lipinski definition) is 4. The van der Waals surface area contributed by atoms with Gasteiger partial charge in [0.25, 0.3) is 5.91 Å². The zero-order valence-corrected chi connectivity index (χ0v) is 12.0. The van der Waals surface area contributed by atoms with Crippen LogP contribution in [0.3, 0.4) is 0 Å². The number of carbonyl (C=O) groups excluding carboxylic acids is 1. The van der Waals surface area contributed by atoms with E-state index < -0.39 is 6.10 Å². The summed E-state index contributed by atoms with van der Waals surface area (Å²) in [5.41, 5.74) is 0. The molecule has 1 N–H and O–H groups in total. The topological polar surface area (TPSA) is 59.9 Å². The van der Waals surface area contributed by atoms with Crippen LogP contribution in [-0.2, 0) is 9.63 Å². The molecule has 6 heteroatoms. The van der Waals surface area contributed by atoms with Crippen LogP contribution < -0.4 is 10.1 Å². The molecule has 1 aromatic rings. The summed E-state index contributed by atoms with van der Waals surface area (Å²) in [5, 5.41) is 6.15. The molecular formula is C12H15BrN2O3. The molecule has 1 aromatic carbocycles. The SMILES string of the molecule is CON=C(C)NC(=O)[C@H](C)Oc1ccc(Br)cc1. The Morgan fingerprint density at radius 1 is 1.39 bits per heavy atom. The summed E-state index contributed by atoms with van der Waals surface area (Å²) in [6.07, 6.45) is -0.617. The van der Waals surface area contributed by atoms with E-state index in [0.29, 0.717) is 11.6 Å². The first-order valence-corrected chi connectivity index (χ1v) is 6.13. The normalized spacial score (nSPS) is 12.8. The standard InChI is InChI=1S/C12H15BrN2O3/c1-8(12(16)14-9(2)15-17-3)18-11-6-4-10(13)5-7-11/h4-8H,1-3H3,(H,14,15,16)/t8-/m0/s1. The second-order valence-electron chi connectivity index (χ2n) is 3.56. The monoisotopic (exact) mass is 314 g/mol. The van der Waals surface area contributed by atoms with Gasteiger partial charge in [0.2, 0.25) is 0 Å². The van der Waals surface area contributed by atoms with E-state index in [1.165, 1.54) is 7.11 Å². The molecule has 18 heavy (non-hydrogen) atoms. The van der Waals surface area contributed by atoms with Gasteiger partial charge in [0.15, 0.2) is 6.10 Å². The molecular weight excluding hydrogens is 300 g/mol. The molecule has 0 radical (unpaired) electrons. The molecule has 0 aliphatic carbocycles. The number of amides is 1. The summed E-state index contributed by atoms with van der Waals surface area (Å²) < 4.78 is 6.44. The summed E-state index contributed by atoms with van der Waals surface area (Å²) in [6, 6.07) is 7.25. The smallest absolute Gasteiger partial charge is 0.266 e. The highest BCUT2D eigenvalue weighted by Crippen LogP contribution is 2.17. The molecule has 98 valence electrons. The van der Waals surface area contributed by atoms with Crippen molar-refractivity contribution in [3.63, 3.8) is 0 Å². The molecule has 0 spiro atoms. The van der Waals surface area contributed by atoms with Gasteiger partial charge in [-0.2, -0.15) is 0 Å². The van der Waals surface area contributed by atoms with E-state index in [0.717, 1.165) is 4.47 Å². The Balaban J connectivity index is 2.54. The largest absolute Gasteiger partial charge is 0.481 e. The average Bonchev–Trinajstić information content (AvgIpc) is 2.32. The number of benzene rings is 1. The minimum Gasteiger partial charge on any atom is -0.481 e. The van der Waals surface area contributed by atoms with Crippen molar-refractivity contribution in [1.82, 2.24) is 5.32 Å². The van der Waals surface area contributed by atoms with Crippen molar-refractivity contribution in [1.29, 1.82) is 0 Å². The van der Waals surface area contributed by atoms with Gasteiger partial charge in [-0.1, -0.05) is 21.1 Å². The van der Waals surface area contributed by atoms with Crippen LogP contribution in [0.5, 0.6) is 5.75 Å². The van der Waals surface area contributed by atoms with Crippen LogP contribution in [0.4, 0.5) is 0 Å². The first-order valence-electron chi connectivity index (χ1n) is 5.33. The minimum atomic E-state index is -0.617. The Morgan fingerprint density at radius 3 is 2.56 bits per heavy atom. The van der Waals surface area contributed by atoms with Crippen molar-refractivity contribution in [3.05, 3.63) is 28.7 Å². The van der Waals surface area contributed by atoms with Crippen molar-refractivity contribution in [2.45, 2.75) is 20.0 Å². The van der Waals surface area contributed by atoms with Crippen LogP contribution in [-0.4, -0.2) is 25.0 Å². The van der Waals surface area contributed by atoms with E-state index in [9.17, 15) is 4.79 Å². The van der Waals surface area contributed by atoms with E-state index in [2.05, 4.69) is 31.2 Å². The molecule has 0 heterocycles. The maximum absolute atomic E-state index is 11.7. The van der Waals surface area contributed by atoms with Crippen molar-refractivity contribution in [3.8, 4) is 5.75 Å². The van der Waals surface area contributed by atoms with Gasteiger partial charge in [0.1, 0.15) is 18.7 Å². The molecule has 0 aliphatic rings. The predicted molar refractivity (Wildman–Crippen MR) is 72.5 cm³/mol. The highest BCUT2D eigenvalue weighted by Gasteiger charge is 2.15. The Bertz CT molecular complexity index is 431. The third kappa shape index (κ3) is 4.75. The summed E-state index contributed by atoms with van der Waals surface area (Å²) >= 11 is 3.33. The fraction of sp³-hybridized carbons (Fsp3) is 0.333. The van der Waals surface area contributed by atoms with E-state index in [4.69, 9.17) is 4.74 Å².